The lowest BCUT2D eigenvalue weighted by Crippen LogP contribution is -2.26. The molecule has 2 aromatic rings. The van der Waals surface area contributed by atoms with Gasteiger partial charge in [-0.2, -0.15) is 0 Å². The van der Waals surface area contributed by atoms with Gasteiger partial charge in [0.1, 0.15) is 0 Å². The SMILES string of the molecule is CC(NC(=O)c1ccc2c(c1)CNC2)c1cccnc1. The molecule has 0 aliphatic carbocycles. The molecule has 0 saturated carbocycles. The second kappa shape index (κ2) is 5.43. The molecule has 4 nitrogen and oxygen atoms in total. The van der Waals surface area contributed by atoms with Crippen molar-refractivity contribution in [1.29, 1.82) is 0 Å². The number of carbonyl (C=O) groups is 1. The minimum atomic E-state index is -0.0532. The average molecular weight is 267 g/mol. The molecular weight excluding hydrogens is 250 g/mol. The monoisotopic (exact) mass is 267 g/mol. The van der Waals surface area contributed by atoms with Gasteiger partial charge in [-0.1, -0.05) is 12.1 Å². The topological polar surface area (TPSA) is 54.0 Å². The van der Waals surface area contributed by atoms with E-state index >= 15 is 0 Å². The highest BCUT2D eigenvalue weighted by Crippen LogP contribution is 2.18. The average Bonchev–Trinajstić information content (AvgIpc) is 2.95. The standard InChI is InChI=1S/C16H17N3O/c1-11(13-3-2-6-17-8-13)19-16(20)12-4-5-14-9-18-10-15(14)7-12/h2-8,11,18H,9-10H2,1H3,(H,19,20). The van der Waals surface area contributed by atoms with Gasteiger partial charge >= 0.3 is 0 Å². The fraction of sp³-hybridized carbons (Fsp3) is 0.250. The van der Waals surface area contributed by atoms with Gasteiger partial charge in [-0.3, -0.25) is 9.78 Å². The molecule has 3 rings (SSSR count). The van der Waals surface area contributed by atoms with E-state index in [1.807, 2.05) is 37.3 Å². The number of hydrogen-bond acceptors (Lipinski definition) is 3. The van der Waals surface area contributed by atoms with Crippen molar-refractivity contribution in [2.75, 3.05) is 0 Å². The van der Waals surface area contributed by atoms with E-state index in [-0.39, 0.29) is 11.9 Å². The van der Waals surface area contributed by atoms with Crippen molar-refractivity contribution in [1.82, 2.24) is 15.6 Å². The first-order chi connectivity index (χ1) is 9.74. The Kier molecular flexibility index (Phi) is 3.48. The molecule has 20 heavy (non-hydrogen) atoms. The molecule has 1 atom stereocenters. The zero-order valence-electron chi connectivity index (χ0n) is 11.4. The summed E-state index contributed by atoms with van der Waals surface area (Å²) in [5.41, 5.74) is 4.21. The summed E-state index contributed by atoms with van der Waals surface area (Å²) in [6.07, 6.45) is 3.50. The number of benzene rings is 1. The molecule has 1 unspecified atom stereocenters. The van der Waals surface area contributed by atoms with E-state index < -0.39 is 0 Å². The molecule has 0 bridgehead atoms. The maximum Gasteiger partial charge on any atom is 0.251 e. The highest BCUT2D eigenvalue weighted by molar-refractivity contribution is 5.94. The van der Waals surface area contributed by atoms with Crippen LogP contribution < -0.4 is 10.6 Å². The summed E-state index contributed by atoms with van der Waals surface area (Å²) in [5, 5.41) is 6.28. The number of fused-ring (bicyclic) bond motifs is 1. The molecule has 0 saturated heterocycles. The van der Waals surface area contributed by atoms with Crippen molar-refractivity contribution in [3.05, 3.63) is 65.0 Å². The van der Waals surface area contributed by atoms with E-state index in [9.17, 15) is 4.79 Å². The molecule has 1 aliphatic heterocycles. The van der Waals surface area contributed by atoms with E-state index in [2.05, 4.69) is 15.6 Å². The first kappa shape index (κ1) is 12.8. The fourth-order valence-corrected chi connectivity index (χ4v) is 2.43. The summed E-state index contributed by atoms with van der Waals surface area (Å²) < 4.78 is 0. The number of carbonyl (C=O) groups excluding carboxylic acids is 1. The lowest BCUT2D eigenvalue weighted by molar-refractivity contribution is 0.0939. The summed E-state index contributed by atoms with van der Waals surface area (Å²) in [7, 11) is 0. The lowest BCUT2D eigenvalue weighted by atomic mass is 10.1. The molecule has 1 aromatic carbocycles. The minimum absolute atomic E-state index is 0.0453. The molecule has 1 amide bonds. The molecular formula is C16H17N3O. The molecule has 2 heterocycles. The number of pyridine rings is 1. The van der Waals surface area contributed by atoms with Gasteiger partial charge in [0.15, 0.2) is 0 Å². The molecule has 102 valence electrons. The predicted octanol–water partition coefficient (Wildman–Crippen LogP) is 2.18. The Morgan fingerprint density at radius 3 is 2.95 bits per heavy atom. The summed E-state index contributed by atoms with van der Waals surface area (Å²) in [4.78, 5) is 16.3. The Morgan fingerprint density at radius 2 is 2.15 bits per heavy atom. The van der Waals surface area contributed by atoms with Gasteiger partial charge in [0, 0.05) is 31.0 Å². The van der Waals surface area contributed by atoms with E-state index in [1.165, 1.54) is 11.1 Å². The van der Waals surface area contributed by atoms with Crippen LogP contribution in [0.3, 0.4) is 0 Å². The van der Waals surface area contributed by atoms with Crippen LogP contribution in [0.4, 0.5) is 0 Å². The first-order valence-corrected chi connectivity index (χ1v) is 6.77. The van der Waals surface area contributed by atoms with Gasteiger partial charge in [-0.05, 0) is 41.8 Å². The number of nitrogens with one attached hydrogen (secondary N) is 2. The Balaban J connectivity index is 1.73. The zero-order valence-corrected chi connectivity index (χ0v) is 11.4. The van der Waals surface area contributed by atoms with E-state index in [4.69, 9.17) is 0 Å². The third-order valence-corrected chi connectivity index (χ3v) is 3.63. The van der Waals surface area contributed by atoms with Crippen LogP contribution in [-0.4, -0.2) is 10.9 Å². The Labute approximate surface area is 118 Å². The highest BCUT2D eigenvalue weighted by Gasteiger charge is 2.15. The van der Waals surface area contributed by atoms with Crippen molar-refractivity contribution in [2.24, 2.45) is 0 Å². The number of aromatic nitrogens is 1. The van der Waals surface area contributed by atoms with Crippen LogP contribution in [0.15, 0.2) is 42.7 Å². The van der Waals surface area contributed by atoms with Gasteiger partial charge in [-0.25, -0.2) is 0 Å². The van der Waals surface area contributed by atoms with Gasteiger partial charge in [0.05, 0.1) is 6.04 Å². The number of hydrogen-bond donors (Lipinski definition) is 2. The quantitative estimate of drug-likeness (QED) is 0.896. The highest BCUT2D eigenvalue weighted by atomic mass is 16.1. The van der Waals surface area contributed by atoms with Crippen LogP contribution in [0.1, 0.15) is 40.0 Å². The van der Waals surface area contributed by atoms with Crippen molar-refractivity contribution >= 4 is 5.91 Å². The van der Waals surface area contributed by atoms with E-state index in [1.54, 1.807) is 12.4 Å². The fourth-order valence-electron chi connectivity index (χ4n) is 2.43. The van der Waals surface area contributed by atoms with Crippen molar-refractivity contribution in [2.45, 2.75) is 26.1 Å². The molecule has 1 aromatic heterocycles. The van der Waals surface area contributed by atoms with Gasteiger partial charge in [0.25, 0.3) is 5.91 Å². The summed E-state index contributed by atoms with van der Waals surface area (Å²) in [6, 6.07) is 9.67. The second-order valence-corrected chi connectivity index (χ2v) is 5.07. The van der Waals surface area contributed by atoms with Crippen LogP contribution >= 0.6 is 0 Å². The molecule has 4 heteroatoms. The smallest absolute Gasteiger partial charge is 0.251 e. The third-order valence-electron chi connectivity index (χ3n) is 3.63. The minimum Gasteiger partial charge on any atom is -0.345 e. The predicted molar refractivity (Wildman–Crippen MR) is 77.1 cm³/mol. The Hall–Kier alpha value is -2.20. The van der Waals surface area contributed by atoms with Gasteiger partial charge in [0.2, 0.25) is 0 Å². The maximum atomic E-state index is 12.3. The molecule has 0 radical (unpaired) electrons. The molecule has 2 N–H and O–H groups in total. The summed E-state index contributed by atoms with van der Waals surface area (Å²) >= 11 is 0. The van der Waals surface area contributed by atoms with Crippen LogP contribution in [0.5, 0.6) is 0 Å². The first-order valence-electron chi connectivity index (χ1n) is 6.77. The second-order valence-electron chi connectivity index (χ2n) is 5.07. The van der Waals surface area contributed by atoms with E-state index in [0.717, 1.165) is 18.7 Å². The summed E-state index contributed by atoms with van der Waals surface area (Å²) in [5.74, 6) is -0.0453. The molecule has 1 aliphatic rings. The van der Waals surface area contributed by atoms with Crippen molar-refractivity contribution in [3.8, 4) is 0 Å². The molecule has 0 spiro atoms. The largest absolute Gasteiger partial charge is 0.345 e. The molecule has 0 fully saturated rings. The number of amides is 1. The Morgan fingerprint density at radius 1 is 1.30 bits per heavy atom. The lowest BCUT2D eigenvalue weighted by Gasteiger charge is -2.14. The number of rotatable bonds is 3. The van der Waals surface area contributed by atoms with Crippen LogP contribution in [0.25, 0.3) is 0 Å². The van der Waals surface area contributed by atoms with Crippen LogP contribution in [-0.2, 0) is 13.1 Å². The van der Waals surface area contributed by atoms with Crippen LogP contribution in [0, 0.1) is 0 Å². The number of nitrogens with zero attached hydrogens (tertiary/aromatic N) is 1. The third kappa shape index (κ3) is 2.56. The zero-order chi connectivity index (χ0) is 13.9. The van der Waals surface area contributed by atoms with E-state index in [0.29, 0.717) is 5.56 Å². The van der Waals surface area contributed by atoms with Crippen molar-refractivity contribution in [3.63, 3.8) is 0 Å². The maximum absolute atomic E-state index is 12.3. The Bertz CT molecular complexity index is 625. The van der Waals surface area contributed by atoms with Crippen LogP contribution in [0.2, 0.25) is 0 Å². The van der Waals surface area contributed by atoms with Gasteiger partial charge < -0.3 is 10.6 Å². The van der Waals surface area contributed by atoms with Gasteiger partial charge in [-0.15, -0.1) is 0 Å². The van der Waals surface area contributed by atoms with Crippen molar-refractivity contribution < 1.29 is 4.79 Å². The normalized spacial score (nSPS) is 14.7. The summed E-state index contributed by atoms with van der Waals surface area (Å²) in [6.45, 7) is 3.70.